The molecular formula is C11H13NO4S. The van der Waals surface area contributed by atoms with Gasteiger partial charge in [0.2, 0.25) is 0 Å². The topological polar surface area (TPSA) is 80.4 Å². The summed E-state index contributed by atoms with van der Waals surface area (Å²) in [7, 11) is 0. The number of rotatable bonds is 5. The summed E-state index contributed by atoms with van der Waals surface area (Å²) in [4.78, 5) is 21.8. The van der Waals surface area contributed by atoms with Crippen molar-refractivity contribution in [2.75, 3.05) is 0 Å². The van der Waals surface area contributed by atoms with E-state index in [9.17, 15) is 14.9 Å². The molecule has 0 spiro atoms. The van der Waals surface area contributed by atoms with Gasteiger partial charge in [0, 0.05) is 5.56 Å². The molecule has 1 aromatic rings. The van der Waals surface area contributed by atoms with Gasteiger partial charge in [0.05, 0.1) is 9.82 Å². The number of hydrogen-bond acceptors (Lipinski definition) is 4. The van der Waals surface area contributed by atoms with Crippen LogP contribution in [0.1, 0.15) is 18.9 Å². The van der Waals surface area contributed by atoms with Crippen molar-refractivity contribution < 1.29 is 14.8 Å². The van der Waals surface area contributed by atoms with Gasteiger partial charge >= 0.3 is 5.97 Å². The standard InChI is InChI=1S/C11H13NO4S/c1-3-8(11(13)14)17-9-6-4-5-7(2)10(9)12(15)16/h4-6,8H,3H2,1-2H3,(H,13,14). The first kappa shape index (κ1) is 13.5. The van der Waals surface area contributed by atoms with Gasteiger partial charge in [0.25, 0.3) is 5.69 Å². The number of nitro benzene ring substituents is 1. The number of hydrogen-bond donors (Lipinski definition) is 1. The molecule has 0 aliphatic rings. The Kier molecular flexibility index (Phi) is 4.51. The van der Waals surface area contributed by atoms with E-state index in [4.69, 9.17) is 5.11 Å². The first-order chi connectivity index (χ1) is 7.97. The van der Waals surface area contributed by atoms with E-state index in [0.29, 0.717) is 16.9 Å². The summed E-state index contributed by atoms with van der Waals surface area (Å²) in [6.07, 6.45) is 0.422. The number of nitrogens with zero attached hydrogens (tertiary/aromatic N) is 1. The normalized spacial score (nSPS) is 12.1. The van der Waals surface area contributed by atoms with Gasteiger partial charge in [-0.15, -0.1) is 11.8 Å². The number of carbonyl (C=O) groups is 1. The van der Waals surface area contributed by atoms with Gasteiger partial charge in [0.1, 0.15) is 5.25 Å². The van der Waals surface area contributed by atoms with Crippen molar-refractivity contribution in [3.63, 3.8) is 0 Å². The summed E-state index contributed by atoms with van der Waals surface area (Å²) in [5, 5.41) is 19.2. The molecule has 5 nitrogen and oxygen atoms in total. The smallest absolute Gasteiger partial charge is 0.316 e. The maximum absolute atomic E-state index is 10.9. The molecule has 92 valence electrons. The Morgan fingerprint density at radius 2 is 2.24 bits per heavy atom. The van der Waals surface area contributed by atoms with Crippen molar-refractivity contribution in [3.05, 3.63) is 33.9 Å². The number of thioether (sulfide) groups is 1. The van der Waals surface area contributed by atoms with Crippen LogP contribution in [0.4, 0.5) is 5.69 Å². The molecule has 0 aliphatic carbocycles. The number of carboxylic acid groups (broad SMARTS) is 1. The number of para-hydroxylation sites is 1. The van der Waals surface area contributed by atoms with Crippen molar-refractivity contribution in [1.82, 2.24) is 0 Å². The van der Waals surface area contributed by atoms with E-state index in [1.54, 1.807) is 32.0 Å². The molecule has 1 atom stereocenters. The van der Waals surface area contributed by atoms with Gasteiger partial charge in [-0.25, -0.2) is 0 Å². The molecule has 0 aliphatic heterocycles. The Morgan fingerprint density at radius 1 is 1.59 bits per heavy atom. The van der Waals surface area contributed by atoms with Gasteiger partial charge in [0.15, 0.2) is 0 Å². The molecule has 1 aromatic carbocycles. The highest BCUT2D eigenvalue weighted by atomic mass is 32.2. The van der Waals surface area contributed by atoms with Crippen molar-refractivity contribution in [3.8, 4) is 0 Å². The molecule has 0 amide bonds. The van der Waals surface area contributed by atoms with Crippen molar-refractivity contribution in [2.45, 2.75) is 30.4 Å². The lowest BCUT2D eigenvalue weighted by Crippen LogP contribution is -2.15. The molecular weight excluding hydrogens is 242 g/mol. The Labute approximate surface area is 103 Å². The molecule has 1 unspecified atom stereocenters. The molecule has 0 saturated carbocycles. The zero-order valence-corrected chi connectivity index (χ0v) is 10.4. The highest BCUT2D eigenvalue weighted by Gasteiger charge is 2.23. The Balaban J connectivity index is 3.10. The zero-order chi connectivity index (χ0) is 13.0. The van der Waals surface area contributed by atoms with Crippen LogP contribution < -0.4 is 0 Å². The first-order valence-corrected chi connectivity index (χ1v) is 5.98. The molecule has 0 heterocycles. The SMILES string of the molecule is CCC(Sc1cccc(C)c1[N+](=O)[O-])C(=O)O. The average Bonchev–Trinajstić information content (AvgIpc) is 2.24. The molecule has 6 heteroatoms. The van der Waals surface area contributed by atoms with Gasteiger partial charge in [-0.3, -0.25) is 14.9 Å². The molecule has 1 rings (SSSR count). The van der Waals surface area contributed by atoms with E-state index in [0.717, 1.165) is 11.8 Å². The Bertz CT molecular complexity index is 447. The fourth-order valence-electron chi connectivity index (χ4n) is 1.42. The quantitative estimate of drug-likeness (QED) is 0.497. The second-order valence-corrected chi connectivity index (χ2v) is 4.78. The molecule has 0 radical (unpaired) electrons. The summed E-state index contributed by atoms with van der Waals surface area (Å²) >= 11 is 1.02. The van der Waals surface area contributed by atoms with E-state index in [-0.39, 0.29) is 5.69 Å². The van der Waals surface area contributed by atoms with Crippen molar-refractivity contribution in [2.24, 2.45) is 0 Å². The summed E-state index contributed by atoms with van der Waals surface area (Å²) < 4.78 is 0. The molecule has 0 aromatic heterocycles. The lowest BCUT2D eigenvalue weighted by Gasteiger charge is -2.10. The van der Waals surface area contributed by atoms with E-state index in [2.05, 4.69) is 0 Å². The van der Waals surface area contributed by atoms with Crippen LogP contribution in [0.3, 0.4) is 0 Å². The van der Waals surface area contributed by atoms with Crippen LogP contribution in [-0.2, 0) is 4.79 Å². The van der Waals surface area contributed by atoms with Crippen LogP contribution in [0, 0.1) is 17.0 Å². The third kappa shape index (κ3) is 3.20. The van der Waals surface area contributed by atoms with Crippen molar-refractivity contribution >= 4 is 23.4 Å². The monoisotopic (exact) mass is 255 g/mol. The van der Waals surface area contributed by atoms with Crippen LogP contribution in [0.15, 0.2) is 23.1 Å². The third-order valence-corrected chi connectivity index (χ3v) is 3.70. The first-order valence-electron chi connectivity index (χ1n) is 5.10. The number of benzene rings is 1. The predicted molar refractivity (Wildman–Crippen MR) is 65.4 cm³/mol. The van der Waals surface area contributed by atoms with Crippen molar-refractivity contribution in [1.29, 1.82) is 0 Å². The highest BCUT2D eigenvalue weighted by molar-refractivity contribution is 8.00. The minimum Gasteiger partial charge on any atom is -0.480 e. The highest BCUT2D eigenvalue weighted by Crippen LogP contribution is 2.35. The van der Waals surface area contributed by atoms with E-state index in [1.807, 2.05) is 0 Å². The molecule has 0 bridgehead atoms. The number of aliphatic carboxylic acids is 1. The van der Waals surface area contributed by atoms with Crippen LogP contribution >= 0.6 is 11.8 Å². The predicted octanol–water partition coefficient (Wildman–Crippen LogP) is 2.86. The fourth-order valence-corrected chi connectivity index (χ4v) is 2.50. The number of carboxylic acids is 1. The summed E-state index contributed by atoms with van der Waals surface area (Å²) in [5.74, 6) is -0.951. The Hall–Kier alpha value is -1.56. The van der Waals surface area contributed by atoms with Gasteiger partial charge in [-0.2, -0.15) is 0 Å². The zero-order valence-electron chi connectivity index (χ0n) is 9.54. The largest absolute Gasteiger partial charge is 0.480 e. The molecule has 0 saturated heterocycles. The van der Waals surface area contributed by atoms with E-state index in [1.165, 1.54) is 0 Å². The van der Waals surface area contributed by atoms with Gasteiger partial charge in [-0.05, 0) is 19.4 Å². The number of aryl methyl sites for hydroxylation is 1. The lowest BCUT2D eigenvalue weighted by molar-refractivity contribution is -0.388. The summed E-state index contributed by atoms with van der Waals surface area (Å²) in [6.45, 7) is 3.39. The Morgan fingerprint density at radius 3 is 2.71 bits per heavy atom. The maximum Gasteiger partial charge on any atom is 0.316 e. The minimum absolute atomic E-state index is 0.00259. The van der Waals surface area contributed by atoms with E-state index < -0.39 is 16.1 Å². The second-order valence-electron chi connectivity index (χ2n) is 3.53. The van der Waals surface area contributed by atoms with Crippen LogP contribution in [-0.4, -0.2) is 21.2 Å². The van der Waals surface area contributed by atoms with Crippen LogP contribution in [0.25, 0.3) is 0 Å². The van der Waals surface area contributed by atoms with Crippen LogP contribution in [0.5, 0.6) is 0 Å². The summed E-state index contributed by atoms with van der Waals surface area (Å²) in [5.41, 5.74) is 0.539. The van der Waals surface area contributed by atoms with Crippen LogP contribution in [0.2, 0.25) is 0 Å². The second kappa shape index (κ2) is 5.67. The van der Waals surface area contributed by atoms with Gasteiger partial charge in [-0.1, -0.05) is 19.1 Å². The van der Waals surface area contributed by atoms with Gasteiger partial charge < -0.3 is 5.11 Å². The minimum atomic E-state index is -0.951. The maximum atomic E-state index is 10.9. The number of nitro groups is 1. The molecule has 17 heavy (non-hydrogen) atoms. The molecule has 1 N–H and O–H groups in total. The fraction of sp³-hybridized carbons (Fsp3) is 0.364. The average molecular weight is 255 g/mol. The summed E-state index contributed by atoms with van der Waals surface area (Å²) in [6, 6.07) is 4.92. The lowest BCUT2D eigenvalue weighted by atomic mass is 10.2. The molecule has 0 fully saturated rings. The third-order valence-electron chi connectivity index (χ3n) is 2.30. The van der Waals surface area contributed by atoms with E-state index >= 15 is 0 Å².